The minimum absolute atomic E-state index is 0.0508. The number of rotatable bonds is 2. The van der Waals surface area contributed by atoms with E-state index in [-0.39, 0.29) is 26.1 Å². The zero-order valence-corrected chi connectivity index (χ0v) is 13.4. The van der Waals surface area contributed by atoms with Crippen molar-refractivity contribution in [1.29, 1.82) is 0 Å². The van der Waals surface area contributed by atoms with Crippen LogP contribution in [0.1, 0.15) is 18.3 Å². The number of imidazole rings is 1. The van der Waals surface area contributed by atoms with Crippen molar-refractivity contribution in [3.63, 3.8) is 0 Å². The third kappa shape index (κ3) is 2.73. The maximum Gasteiger partial charge on any atom is 0.329 e. The first-order valence-corrected chi connectivity index (χ1v) is 8.18. The summed E-state index contributed by atoms with van der Waals surface area (Å²) in [6, 6.07) is 0. The van der Waals surface area contributed by atoms with Gasteiger partial charge in [-0.1, -0.05) is 0 Å². The minimum atomic E-state index is -0.945. The van der Waals surface area contributed by atoms with Gasteiger partial charge in [0.15, 0.2) is 5.96 Å². The fraction of sp³-hybridized carbons (Fsp3) is 0.714. The molecule has 0 radical (unpaired) electrons. The molecule has 25 heavy (non-hydrogen) atoms. The van der Waals surface area contributed by atoms with Crippen molar-refractivity contribution < 1.29 is 25.2 Å². The molecule has 0 spiro atoms. The highest BCUT2D eigenvalue weighted by Gasteiger charge is 2.39. The summed E-state index contributed by atoms with van der Waals surface area (Å²) in [4.78, 5) is 21.1. The van der Waals surface area contributed by atoms with Crippen LogP contribution in [0.5, 0.6) is 0 Å². The Morgan fingerprint density at radius 3 is 2.76 bits per heavy atom. The van der Waals surface area contributed by atoms with E-state index < -0.39 is 36.3 Å². The first-order chi connectivity index (χ1) is 12.0. The van der Waals surface area contributed by atoms with Gasteiger partial charge in [0.2, 0.25) is 0 Å². The topological polar surface area (TPSA) is 156 Å². The number of aliphatic hydroxyl groups is 4. The van der Waals surface area contributed by atoms with Gasteiger partial charge in [-0.2, -0.15) is 0 Å². The highest BCUT2D eigenvalue weighted by molar-refractivity contribution is 5.95. The van der Waals surface area contributed by atoms with E-state index in [2.05, 4.69) is 15.3 Å². The monoisotopic (exact) mass is 355 g/mol. The maximum atomic E-state index is 12.4. The molecule has 0 saturated carbocycles. The van der Waals surface area contributed by atoms with E-state index in [1.807, 2.05) is 0 Å². The standard InChI is InChI=1S/C14H21N5O6/c20-5-10-7(21)1-11(25-10)19-12-6(16-14(19)24)3-18-4-9(23)8(22)2-15-13(18)17-12/h7-11,20-23H,1-5H2,(H,15,17)(H,16,24)/t7-,8?,9?,10+,11-/m0/s1. The first-order valence-electron chi connectivity index (χ1n) is 8.18. The van der Waals surface area contributed by atoms with E-state index in [9.17, 15) is 25.2 Å². The fourth-order valence-corrected chi connectivity index (χ4v) is 3.45. The number of aromatic amines is 1. The van der Waals surface area contributed by atoms with Crippen molar-refractivity contribution in [2.24, 2.45) is 4.99 Å². The molecule has 0 amide bonds. The molecule has 2 unspecified atom stereocenters. The second-order valence-electron chi connectivity index (χ2n) is 6.55. The van der Waals surface area contributed by atoms with Crippen molar-refractivity contribution in [2.75, 3.05) is 25.0 Å². The number of hydrogen-bond acceptors (Lipinski definition) is 9. The molecule has 5 atom stereocenters. The SMILES string of the molecule is O=c1[nH]c2c(n1[C@@H]1C[C@H](O)[C@@H](CO)O1)NC1=NCC(O)C(O)CN1C2. The molecule has 1 aromatic heterocycles. The summed E-state index contributed by atoms with van der Waals surface area (Å²) in [5.41, 5.74) is 0.199. The largest absolute Gasteiger partial charge is 0.394 e. The molecule has 3 aliphatic rings. The van der Waals surface area contributed by atoms with Crippen LogP contribution in [0, 0.1) is 0 Å². The number of nitrogens with zero attached hydrogens (tertiary/aromatic N) is 3. The summed E-state index contributed by atoms with van der Waals surface area (Å²) < 4.78 is 6.95. The molecule has 138 valence electrons. The van der Waals surface area contributed by atoms with Crippen LogP contribution in [0.2, 0.25) is 0 Å². The number of fused-ring (bicyclic) bond motifs is 2. The molecule has 1 saturated heterocycles. The molecule has 0 bridgehead atoms. The second-order valence-corrected chi connectivity index (χ2v) is 6.55. The Labute approximate surface area is 142 Å². The number of aliphatic imine (C=N–C) groups is 1. The predicted octanol–water partition coefficient (Wildman–Crippen LogP) is -2.86. The van der Waals surface area contributed by atoms with Crippen LogP contribution in [0.4, 0.5) is 5.82 Å². The molecular weight excluding hydrogens is 334 g/mol. The van der Waals surface area contributed by atoms with Crippen LogP contribution in [-0.4, -0.2) is 84.9 Å². The van der Waals surface area contributed by atoms with Crippen LogP contribution in [0.15, 0.2) is 9.79 Å². The molecule has 1 fully saturated rings. The number of H-pyrrole nitrogens is 1. The third-order valence-electron chi connectivity index (χ3n) is 4.83. The molecule has 6 N–H and O–H groups in total. The van der Waals surface area contributed by atoms with Crippen LogP contribution < -0.4 is 11.0 Å². The van der Waals surface area contributed by atoms with Crippen LogP contribution in [-0.2, 0) is 11.3 Å². The number of aliphatic hydroxyl groups excluding tert-OH is 4. The van der Waals surface area contributed by atoms with Crippen molar-refractivity contribution >= 4 is 11.8 Å². The molecule has 3 aliphatic heterocycles. The van der Waals surface area contributed by atoms with Crippen molar-refractivity contribution in [1.82, 2.24) is 14.5 Å². The lowest BCUT2D eigenvalue weighted by Crippen LogP contribution is -2.44. The van der Waals surface area contributed by atoms with Crippen molar-refractivity contribution in [3.05, 3.63) is 16.2 Å². The minimum Gasteiger partial charge on any atom is -0.394 e. The molecule has 1 aromatic rings. The van der Waals surface area contributed by atoms with Gasteiger partial charge in [-0.15, -0.1) is 0 Å². The summed E-state index contributed by atoms with van der Waals surface area (Å²) in [5, 5.41) is 41.9. The van der Waals surface area contributed by atoms with Gasteiger partial charge in [-0.05, 0) is 0 Å². The zero-order valence-electron chi connectivity index (χ0n) is 13.4. The molecule has 4 heterocycles. The fourth-order valence-electron chi connectivity index (χ4n) is 3.45. The number of guanidine groups is 1. The quantitative estimate of drug-likeness (QED) is 0.331. The lowest BCUT2D eigenvalue weighted by Gasteiger charge is -2.31. The van der Waals surface area contributed by atoms with Crippen LogP contribution in [0.25, 0.3) is 0 Å². The smallest absolute Gasteiger partial charge is 0.329 e. The van der Waals surface area contributed by atoms with Gasteiger partial charge in [0.25, 0.3) is 0 Å². The molecule has 4 rings (SSSR count). The van der Waals surface area contributed by atoms with Gasteiger partial charge in [0.05, 0.1) is 37.6 Å². The van der Waals surface area contributed by atoms with E-state index in [0.717, 1.165) is 0 Å². The Balaban J connectivity index is 1.66. The zero-order chi connectivity index (χ0) is 17.7. The van der Waals surface area contributed by atoms with Gasteiger partial charge < -0.3 is 40.4 Å². The summed E-state index contributed by atoms with van der Waals surface area (Å²) >= 11 is 0. The second kappa shape index (κ2) is 6.11. The summed E-state index contributed by atoms with van der Waals surface area (Å²) in [7, 11) is 0. The van der Waals surface area contributed by atoms with Gasteiger partial charge in [0, 0.05) is 13.0 Å². The van der Waals surface area contributed by atoms with Gasteiger partial charge in [-0.25, -0.2) is 9.79 Å². The van der Waals surface area contributed by atoms with Gasteiger partial charge in [0.1, 0.15) is 24.3 Å². The van der Waals surface area contributed by atoms with E-state index in [0.29, 0.717) is 24.0 Å². The van der Waals surface area contributed by atoms with Crippen LogP contribution >= 0.6 is 0 Å². The average molecular weight is 355 g/mol. The third-order valence-corrected chi connectivity index (χ3v) is 4.83. The summed E-state index contributed by atoms with van der Waals surface area (Å²) in [6.45, 7) is 0.217. The Hall–Kier alpha value is -1.92. The van der Waals surface area contributed by atoms with Crippen molar-refractivity contribution in [2.45, 2.75) is 43.6 Å². The molecule has 0 aliphatic carbocycles. The number of ether oxygens (including phenoxy) is 1. The highest BCUT2D eigenvalue weighted by Crippen LogP contribution is 2.32. The number of nitrogens with one attached hydrogen (secondary N) is 2. The average Bonchev–Trinajstić information content (AvgIpc) is 3.05. The lowest BCUT2D eigenvalue weighted by atomic mass is 10.2. The maximum absolute atomic E-state index is 12.4. The Kier molecular flexibility index (Phi) is 4.04. The normalized spacial score (nSPS) is 34.8. The molecule has 0 aromatic carbocycles. The van der Waals surface area contributed by atoms with Gasteiger partial charge >= 0.3 is 5.69 Å². The number of hydrogen-bond donors (Lipinski definition) is 6. The number of anilines is 1. The first kappa shape index (κ1) is 16.5. The molecule has 11 nitrogen and oxygen atoms in total. The van der Waals surface area contributed by atoms with E-state index in [1.54, 1.807) is 4.90 Å². The van der Waals surface area contributed by atoms with E-state index in [4.69, 9.17) is 4.74 Å². The van der Waals surface area contributed by atoms with E-state index in [1.165, 1.54) is 4.57 Å². The highest BCUT2D eigenvalue weighted by atomic mass is 16.5. The molecular formula is C14H21N5O6. The molecule has 11 heteroatoms. The Morgan fingerprint density at radius 1 is 1.24 bits per heavy atom. The number of aromatic nitrogens is 2. The van der Waals surface area contributed by atoms with E-state index >= 15 is 0 Å². The Bertz CT molecular complexity index is 745. The predicted molar refractivity (Wildman–Crippen MR) is 85.0 cm³/mol. The summed E-state index contributed by atoms with van der Waals surface area (Å²) in [5.74, 6) is 0.926. The summed E-state index contributed by atoms with van der Waals surface area (Å²) in [6.07, 6.45) is -3.99. The lowest BCUT2D eigenvalue weighted by molar-refractivity contribution is -0.0447. The Morgan fingerprint density at radius 2 is 2.04 bits per heavy atom. The van der Waals surface area contributed by atoms with Gasteiger partial charge in [-0.3, -0.25) is 4.57 Å². The van der Waals surface area contributed by atoms with Crippen molar-refractivity contribution in [3.8, 4) is 0 Å². The van der Waals surface area contributed by atoms with Crippen LogP contribution in [0.3, 0.4) is 0 Å².